The zero-order chi connectivity index (χ0) is 10.4. The molecule has 0 bridgehead atoms. The second-order valence-electron chi connectivity index (χ2n) is 3.43. The minimum Gasteiger partial charge on any atom is -0.378 e. The summed E-state index contributed by atoms with van der Waals surface area (Å²) in [5, 5.41) is 0. The molecule has 0 N–H and O–H groups in total. The Morgan fingerprint density at radius 2 is 1.86 bits per heavy atom. The molecule has 1 nitrogen and oxygen atoms in total. The molecule has 0 aliphatic heterocycles. The van der Waals surface area contributed by atoms with Gasteiger partial charge in [0.05, 0.1) is 0 Å². The van der Waals surface area contributed by atoms with E-state index < -0.39 is 0 Å². The Balaban J connectivity index is 2.64. The predicted octanol–water partition coefficient (Wildman–Crippen LogP) is 3.04. The SMILES string of the molecule is C=C/C=C/Cc1ccc(N(C)C)cc1. The average Bonchev–Trinajstić information content (AvgIpc) is 2.19. The highest BCUT2D eigenvalue weighted by Gasteiger charge is 1.93. The van der Waals surface area contributed by atoms with Gasteiger partial charge in [-0.15, -0.1) is 0 Å². The maximum Gasteiger partial charge on any atom is 0.0361 e. The third kappa shape index (κ3) is 3.09. The summed E-state index contributed by atoms with van der Waals surface area (Å²) in [7, 11) is 4.10. The minimum atomic E-state index is 0.972. The third-order valence-corrected chi connectivity index (χ3v) is 2.08. The maximum absolute atomic E-state index is 3.64. The van der Waals surface area contributed by atoms with E-state index in [-0.39, 0.29) is 0 Å². The molecule has 1 rings (SSSR count). The summed E-state index contributed by atoms with van der Waals surface area (Å²) in [5.41, 5.74) is 2.56. The molecule has 0 radical (unpaired) electrons. The molecule has 1 aromatic rings. The van der Waals surface area contributed by atoms with E-state index in [4.69, 9.17) is 0 Å². The van der Waals surface area contributed by atoms with Crippen molar-refractivity contribution in [1.82, 2.24) is 0 Å². The molecule has 0 aromatic heterocycles. The number of rotatable bonds is 4. The fraction of sp³-hybridized carbons (Fsp3) is 0.231. The first-order valence-electron chi connectivity index (χ1n) is 4.78. The van der Waals surface area contributed by atoms with Gasteiger partial charge in [0.25, 0.3) is 0 Å². The first-order valence-corrected chi connectivity index (χ1v) is 4.78. The van der Waals surface area contributed by atoms with Gasteiger partial charge in [-0.2, -0.15) is 0 Å². The lowest BCUT2D eigenvalue weighted by atomic mass is 10.1. The lowest BCUT2D eigenvalue weighted by molar-refractivity contribution is 1.12. The number of anilines is 1. The van der Waals surface area contributed by atoms with Gasteiger partial charge in [-0.1, -0.05) is 36.9 Å². The second-order valence-corrected chi connectivity index (χ2v) is 3.43. The predicted molar refractivity (Wildman–Crippen MR) is 63.8 cm³/mol. The van der Waals surface area contributed by atoms with Crippen LogP contribution in [-0.4, -0.2) is 14.1 Å². The number of nitrogens with zero attached hydrogens (tertiary/aromatic N) is 1. The fourth-order valence-electron chi connectivity index (χ4n) is 1.23. The quantitative estimate of drug-likeness (QED) is 0.655. The summed E-state index contributed by atoms with van der Waals surface area (Å²) >= 11 is 0. The van der Waals surface area contributed by atoms with Gasteiger partial charge in [0.1, 0.15) is 0 Å². The van der Waals surface area contributed by atoms with Crippen LogP contribution in [0.1, 0.15) is 5.56 Å². The molecule has 0 aliphatic carbocycles. The lowest BCUT2D eigenvalue weighted by Gasteiger charge is -2.12. The van der Waals surface area contributed by atoms with Crippen LogP contribution >= 0.6 is 0 Å². The summed E-state index contributed by atoms with van der Waals surface area (Å²) in [6.45, 7) is 3.64. The highest BCUT2D eigenvalue weighted by atomic mass is 15.1. The summed E-state index contributed by atoms with van der Waals surface area (Å²) in [6.07, 6.45) is 6.85. The molecule has 1 heteroatoms. The molecule has 0 aliphatic rings. The molecule has 1 aromatic carbocycles. The molecule has 0 spiro atoms. The zero-order valence-electron chi connectivity index (χ0n) is 8.90. The van der Waals surface area contributed by atoms with Crippen LogP contribution < -0.4 is 4.90 Å². The molecule has 0 atom stereocenters. The number of allylic oxidation sites excluding steroid dienone is 3. The van der Waals surface area contributed by atoms with Crippen molar-refractivity contribution in [3.63, 3.8) is 0 Å². The molecule has 0 heterocycles. The van der Waals surface area contributed by atoms with Crippen LogP contribution in [0.2, 0.25) is 0 Å². The van der Waals surface area contributed by atoms with Crippen LogP contribution in [0.15, 0.2) is 49.1 Å². The molecule has 14 heavy (non-hydrogen) atoms. The van der Waals surface area contributed by atoms with Crippen LogP contribution in [0.3, 0.4) is 0 Å². The summed E-state index contributed by atoms with van der Waals surface area (Å²) in [6, 6.07) is 8.58. The minimum absolute atomic E-state index is 0.972. The Labute approximate surface area is 86.4 Å². The van der Waals surface area contributed by atoms with Gasteiger partial charge in [0.15, 0.2) is 0 Å². The van der Waals surface area contributed by atoms with Crippen LogP contribution in [0.4, 0.5) is 5.69 Å². The van der Waals surface area contributed by atoms with Crippen molar-refractivity contribution in [2.45, 2.75) is 6.42 Å². The smallest absolute Gasteiger partial charge is 0.0361 e. The monoisotopic (exact) mass is 187 g/mol. The first-order chi connectivity index (χ1) is 6.74. The Morgan fingerprint density at radius 1 is 1.21 bits per heavy atom. The van der Waals surface area contributed by atoms with Crippen LogP contribution in [-0.2, 0) is 6.42 Å². The van der Waals surface area contributed by atoms with E-state index in [0.29, 0.717) is 0 Å². The third-order valence-electron chi connectivity index (χ3n) is 2.08. The molecule has 0 saturated heterocycles. The van der Waals surface area contributed by atoms with Crippen molar-refractivity contribution in [2.24, 2.45) is 0 Å². The van der Waals surface area contributed by atoms with Crippen molar-refractivity contribution < 1.29 is 0 Å². The number of benzene rings is 1. The number of hydrogen-bond donors (Lipinski definition) is 0. The maximum atomic E-state index is 3.64. The molecular formula is C13H17N. The highest BCUT2D eigenvalue weighted by Crippen LogP contribution is 2.12. The van der Waals surface area contributed by atoms with E-state index in [0.717, 1.165) is 6.42 Å². The van der Waals surface area contributed by atoms with Crippen molar-refractivity contribution in [3.05, 3.63) is 54.6 Å². The Kier molecular flexibility index (Phi) is 3.99. The van der Waals surface area contributed by atoms with Crippen molar-refractivity contribution >= 4 is 5.69 Å². The normalized spacial score (nSPS) is 10.4. The first kappa shape index (κ1) is 10.6. The summed E-state index contributed by atoms with van der Waals surface area (Å²) in [5.74, 6) is 0. The molecule has 0 saturated carbocycles. The Morgan fingerprint density at radius 3 is 2.36 bits per heavy atom. The molecule has 0 amide bonds. The van der Waals surface area contributed by atoms with Crippen molar-refractivity contribution in [1.29, 1.82) is 0 Å². The molecule has 74 valence electrons. The molecule has 0 fully saturated rings. The van der Waals surface area contributed by atoms with Crippen LogP contribution in [0, 0.1) is 0 Å². The lowest BCUT2D eigenvalue weighted by Crippen LogP contribution is -2.08. The highest BCUT2D eigenvalue weighted by molar-refractivity contribution is 5.46. The summed E-state index contributed by atoms with van der Waals surface area (Å²) in [4.78, 5) is 2.10. The van der Waals surface area contributed by atoms with E-state index in [1.165, 1.54) is 11.3 Å². The van der Waals surface area contributed by atoms with E-state index in [1.807, 2.05) is 20.2 Å². The van der Waals surface area contributed by atoms with E-state index in [1.54, 1.807) is 6.08 Å². The number of hydrogen-bond acceptors (Lipinski definition) is 1. The van der Waals surface area contributed by atoms with Gasteiger partial charge < -0.3 is 4.90 Å². The fourth-order valence-corrected chi connectivity index (χ4v) is 1.23. The van der Waals surface area contributed by atoms with Gasteiger partial charge in [0.2, 0.25) is 0 Å². The summed E-state index contributed by atoms with van der Waals surface area (Å²) < 4.78 is 0. The van der Waals surface area contributed by atoms with Gasteiger partial charge >= 0.3 is 0 Å². The van der Waals surface area contributed by atoms with E-state index in [2.05, 4.69) is 41.8 Å². The van der Waals surface area contributed by atoms with Crippen molar-refractivity contribution in [2.75, 3.05) is 19.0 Å². The van der Waals surface area contributed by atoms with E-state index in [9.17, 15) is 0 Å². The van der Waals surface area contributed by atoms with Gasteiger partial charge in [0, 0.05) is 19.8 Å². The van der Waals surface area contributed by atoms with Gasteiger partial charge in [-0.25, -0.2) is 0 Å². The average molecular weight is 187 g/mol. The van der Waals surface area contributed by atoms with Crippen LogP contribution in [0.5, 0.6) is 0 Å². The molecular weight excluding hydrogens is 170 g/mol. The zero-order valence-corrected chi connectivity index (χ0v) is 8.90. The van der Waals surface area contributed by atoms with Gasteiger partial charge in [-0.3, -0.25) is 0 Å². The topological polar surface area (TPSA) is 3.24 Å². The van der Waals surface area contributed by atoms with Gasteiger partial charge in [-0.05, 0) is 24.1 Å². The Hall–Kier alpha value is -1.50. The van der Waals surface area contributed by atoms with Crippen LogP contribution in [0.25, 0.3) is 0 Å². The molecule has 0 unspecified atom stereocenters. The second kappa shape index (κ2) is 5.28. The van der Waals surface area contributed by atoms with E-state index >= 15 is 0 Å². The largest absolute Gasteiger partial charge is 0.378 e. The van der Waals surface area contributed by atoms with Crippen molar-refractivity contribution in [3.8, 4) is 0 Å². The Bertz CT molecular complexity index is 307. The standard InChI is InChI=1S/C13H17N/c1-4-5-6-7-12-8-10-13(11-9-12)14(2)3/h4-6,8-11H,1,7H2,2-3H3/b6-5+.